The molecule has 0 radical (unpaired) electrons. The lowest BCUT2D eigenvalue weighted by Gasteiger charge is -2.32. The highest BCUT2D eigenvalue weighted by molar-refractivity contribution is 5.89. The van der Waals surface area contributed by atoms with Crippen LogP contribution in [0.25, 0.3) is 0 Å². The molecule has 0 saturated heterocycles. The molecule has 1 N–H and O–H groups in total. The molecular formula is C17H24FNO2. The zero-order valence-electron chi connectivity index (χ0n) is 13.0. The van der Waals surface area contributed by atoms with E-state index in [-0.39, 0.29) is 36.0 Å². The van der Waals surface area contributed by atoms with Crippen LogP contribution >= 0.6 is 0 Å². The molecule has 1 aromatic heterocycles. The van der Waals surface area contributed by atoms with E-state index in [0.29, 0.717) is 12.1 Å². The molecule has 1 heterocycles. The standard InChI is InChI=1S/C17H24FNO2/c1-16(2,3)9-4-7-14(21)17(18)10-8-13(20)15-12(17)6-5-11-19-15/h5-6,11,13,20H,4,7-10H2,1-3H3/t13-,17-/m0/s1. The summed E-state index contributed by atoms with van der Waals surface area (Å²) in [7, 11) is 0. The fraction of sp³-hybridized carbons (Fsp3) is 0.647. The van der Waals surface area contributed by atoms with Crippen LogP contribution in [0.4, 0.5) is 4.39 Å². The van der Waals surface area contributed by atoms with E-state index in [1.807, 2.05) is 0 Å². The maximum atomic E-state index is 15.3. The molecule has 21 heavy (non-hydrogen) atoms. The van der Waals surface area contributed by atoms with Gasteiger partial charge < -0.3 is 5.11 Å². The largest absolute Gasteiger partial charge is 0.387 e. The minimum atomic E-state index is -1.99. The molecule has 0 fully saturated rings. The van der Waals surface area contributed by atoms with Crippen molar-refractivity contribution in [2.24, 2.45) is 5.41 Å². The molecule has 0 amide bonds. The van der Waals surface area contributed by atoms with Gasteiger partial charge in [-0.25, -0.2) is 4.39 Å². The van der Waals surface area contributed by atoms with Crippen LogP contribution < -0.4 is 0 Å². The Balaban J connectivity index is 2.15. The number of fused-ring (bicyclic) bond motifs is 1. The predicted octanol–water partition coefficient (Wildman–Crippen LogP) is 3.86. The zero-order chi connectivity index (χ0) is 15.7. The lowest BCUT2D eigenvalue weighted by Crippen LogP contribution is -2.36. The number of ketones is 1. The second-order valence-corrected chi connectivity index (χ2v) is 7.13. The Labute approximate surface area is 125 Å². The van der Waals surface area contributed by atoms with Crippen molar-refractivity contribution >= 4 is 5.78 Å². The van der Waals surface area contributed by atoms with Gasteiger partial charge in [-0.05, 0) is 37.2 Å². The van der Waals surface area contributed by atoms with E-state index < -0.39 is 11.8 Å². The number of hydrogen-bond donors (Lipinski definition) is 1. The smallest absolute Gasteiger partial charge is 0.195 e. The lowest BCUT2D eigenvalue weighted by atomic mass is 9.77. The van der Waals surface area contributed by atoms with Gasteiger partial charge in [0.15, 0.2) is 11.5 Å². The van der Waals surface area contributed by atoms with Gasteiger partial charge in [0.1, 0.15) is 0 Å². The van der Waals surface area contributed by atoms with Crippen molar-refractivity contribution in [3.63, 3.8) is 0 Å². The number of aromatic nitrogens is 1. The first-order chi connectivity index (χ1) is 9.74. The first-order valence-electron chi connectivity index (χ1n) is 7.60. The molecule has 1 aromatic rings. The summed E-state index contributed by atoms with van der Waals surface area (Å²) in [5.74, 6) is -0.382. The molecule has 0 bridgehead atoms. The maximum absolute atomic E-state index is 15.3. The van der Waals surface area contributed by atoms with Gasteiger partial charge in [0.05, 0.1) is 11.8 Å². The van der Waals surface area contributed by atoms with Crippen LogP contribution in [0.5, 0.6) is 0 Å². The summed E-state index contributed by atoms with van der Waals surface area (Å²) < 4.78 is 15.3. The van der Waals surface area contributed by atoms with E-state index in [1.54, 1.807) is 12.1 Å². The van der Waals surface area contributed by atoms with Gasteiger partial charge in [-0.1, -0.05) is 26.8 Å². The Kier molecular flexibility index (Phi) is 4.47. The number of carbonyl (C=O) groups is 1. The molecule has 116 valence electrons. The van der Waals surface area contributed by atoms with Gasteiger partial charge in [0, 0.05) is 18.2 Å². The second-order valence-electron chi connectivity index (χ2n) is 7.13. The third-order valence-electron chi connectivity index (χ3n) is 4.12. The molecule has 0 spiro atoms. The number of Topliss-reactive ketones (excluding diaryl/α,β-unsaturated/α-hetero) is 1. The summed E-state index contributed by atoms with van der Waals surface area (Å²) in [6.45, 7) is 6.33. The number of carbonyl (C=O) groups excluding carboxylic acids is 1. The number of rotatable bonds is 4. The molecule has 3 nitrogen and oxygen atoms in total. The van der Waals surface area contributed by atoms with Gasteiger partial charge in [-0.3, -0.25) is 9.78 Å². The van der Waals surface area contributed by atoms with Crippen LogP contribution in [0.2, 0.25) is 0 Å². The first-order valence-corrected chi connectivity index (χ1v) is 7.60. The lowest BCUT2D eigenvalue weighted by molar-refractivity contribution is -0.133. The number of halogens is 1. The van der Waals surface area contributed by atoms with Crippen LogP contribution in [0.15, 0.2) is 18.3 Å². The quantitative estimate of drug-likeness (QED) is 0.917. The van der Waals surface area contributed by atoms with Crippen LogP contribution in [0.3, 0.4) is 0 Å². The minimum absolute atomic E-state index is 0.0429. The third-order valence-corrected chi connectivity index (χ3v) is 4.12. The van der Waals surface area contributed by atoms with Crippen LogP contribution in [0.1, 0.15) is 70.2 Å². The van der Waals surface area contributed by atoms with E-state index in [0.717, 1.165) is 6.42 Å². The molecule has 0 saturated carbocycles. The molecule has 1 aliphatic carbocycles. The number of aliphatic hydroxyl groups is 1. The normalized spacial score (nSPS) is 25.5. The van der Waals surface area contributed by atoms with E-state index in [9.17, 15) is 9.90 Å². The molecule has 4 heteroatoms. The topological polar surface area (TPSA) is 50.2 Å². The Bertz CT molecular complexity index is 524. The number of nitrogens with zero attached hydrogens (tertiary/aromatic N) is 1. The van der Waals surface area contributed by atoms with Gasteiger partial charge in [0.25, 0.3) is 0 Å². The Hall–Kier alpha value is -1.29. The van der Waals surface area contributed by atoms with Crippen LogP contribution in [-0.2, 0) is 10.5 Å². The van der Waals surface area contributed by atoms with Gasteiger partial charge in [-0.2, -0.15) is 0 Å². The molecular weight excluding hydrogens is 269 g/mol. The minimum Gasteiger partial charge on any atom is -0.387 e. The number of pyridine rings is 1. The summed E-state index contributed by atoms with van der Waals surface area (Å²) in [5, 5.41) is 9.92. The van der Waals surface area contributed by atoms with Crippen molar-refractivity contribution in [2.45, 2.75) is 64.6 Å². The summed E-state index contributed by atoms with van der Waals surface area (Å²) in [5.41, 5.74) is -1.27. The fourth-order valence-corrected chi connectivity index (χ4v) is 2.89. The van der Waals surface area contributed by atoms with Crippen molar-refractivity contribution in [1.29, 1.82) is 0 Å². The average Bonchev–Trinajstić information content (AvgIpc) is 2.42. The Morgan fingerprint density at radius 3 is 2.90 bits per heavy atom. The molecule has 2 rings (SSSR count). The SMILES string of the molecule is CC(C)(C)CCCC(=O)[C@]1(F)CC[C@H](O)c2ncccc21. The van der Waals surface area contributed by atoms with Crippen molar-refractivity contribution < 1.29 is 14.3 Å². The average molecular weight is 293 g/mol. The fourth-order valence-electron chi connectivity index (χ4n) is 2.89. The molecule has 0 aliphatic heterocycles. The maximum Gasteiger partial charge on any atom is 0.195 e. The summed E-state index contributed by atoms with van der Waals surface area (Å²) in [6.07, 6.45) is 2.85. The monoisotopic (exact) mass is 293 g/mol. The number of alkyl halides is 1. The number of hydrogen-bond acceptors (Lipinski definition) is 3. The van der Waals surface area contributed by atoms with Gasteiger partial charge >= 0.3 is 0 Å². The second kappa shape index (κ2) is 5.84. The van der Waals surface area contributed by atoms with Crippen molar-refractivity contribution in [3.05, 3.63) is 29.6 Å². The molecule has 0 unspecified atom stereocenters. The van der Waals surface area contributed by atoms with Gasteiger partial charge in [0.2, 0.25) is 0 Å². The first kappa shape index (κ1) is 16.1. The van der Waals surface area contributed by atoms with Crippen molar-refractivity contribution in [1.82, 2.24) is 4.98 Å². The highest BCUT2D eigenvalue weighted by atomic mass is 19.1. The highest BCUT2D eigenvalue weighted by Gasteiger charge is 2.45. The van der Waals surface area contributed by atoms with Gasteiger partial charge in [-0.15, -0.1) is 0 Å². The Morgan fingerprint density at radius 1 is 1.52 bits per heavy atom. The zero-order valence-corrected chi connectivity index (χ0v) is 13.0. The Morgan fingerprint density at radius 2 is 2.24 bits per heavy atom. The molecule has 0 aromatic carbocycles. The van der Waals surface area contributed by atoms with Crippen molar-refractivity contribution in [3.8, 4) is 0 Å². The molecule has 1 aliphatic rings. The number of aliphatic hydroxyl groups excluding tert-OH is 1. The summed E-state index contributed by atoms with van der Waals surface area (Å²) in [4.78, 5) is 16.4. The van der Waals surface area contributed by atoms with Crippen LogP contribution in [-0.4, -0.2) is 15.9 Å². The van der Waals surface area contributed by atoms with Crippen molar-refractivity contribution in [2.75, 3.05) is 0 Å². The predicted molar refractivity (Wildman–Crippen MR) is 79.5 cm³/mol. The van der Waals surface area contributed by atoms with E-state index in [2.05, 4.69) is 25.8 Å². The van der Waals surface area contributed by atoms with E-state index in [1.165, 1.54) is 6.20 Å². The van der Waals surface area contributed by atoms with Crippen LogP contribution in [0, 0.1) is 5.41 Å². The van der Waals surface area contributed by atoms with E-state index in [4.69, 9.17) is 0 Å². The summed E-state index contributed by atoms with van der Waals surface area (Å²) >= 11 is 0. The highest BCUT2D eigenvalue weighted by Crippen LogP contribution is 2.43. The van der Waals surface area contributed by atoms with E-state index >= 15 is 4.39 Å². The third kappa shape index (κ3) is 3.49. The molecule has 2 atom stereocenters. The summed E-state index contributed by atoms with van der Waals surface area (Å²) in [6, 6.07) is 3.19.